The second-order valence-corrected chi connectivity index (χ2v) is 13.3. The van der Waals surface area contributed by atoms with Gasteiger partial charge in [0.2, 0.25) is 11.8 Å². The predicted molar refractivity (Wildman–Crippen MR) is 182 cm³/mol. The highest BCUT2D eigenvalue weighted by Gasteiger charge is 2.33. The van der Waals surface area contributed by atoms with Gasteiger partial charge in [-0.1, -0.05) is 48.5 Å². The summed E-state index contributed by atoms with van der Waals surface area (Å²) in [5.41, 5.74) is 5.74. The van der Waals surface area contributed by atoms with Gasteiger partial charge in [-0.2, -0.15) is 0 Å². The molecule has 12 nitrogen and oxygen atoms in total. The van der Waals surface area contributed by atoms with Crippen molar-refractivity contribution < 1.29 is 19.8 Å². The number of hydrogen-bond acceptors (Lipinski definition) is 8. The Morgan fingerprint density at radius 2 is 1.89 bits per heavy atom. The van der Waals surface area contributed by atoms with Crippen LogP contribution in [0.25, 0.3) is 33.5 Å². The number of para-hydroxylation sites is 1. The van der Waals surface area contributed by atoms with E-state index in [1.807, 2.05) is 74.5 Å². The van der Waals surface area contributed by atoms with Crippen molar-refractivity contribution in [1.29, 1.82) is 0 Å². The molecule has 1 aliphatic rings. The Kier molecular flexibility index (Phi) is 9.50. The number of anilines is 1. The lowest BCUT2D eigenvalue weighted by molar-refractivity contribution is -0.128. The van der Waals surface area contributed by atoms with Crippen LogP contribution >= 0.6 is 15.9 Å². The number of tetrazole rings is 1. The first-order chi connectivity index (χ1) is 22.6. The number of carbonyl (C=O) groups is 2. The van der Waals surface area contributed by atoms with Crippen LogP contribution in [0.3, 0.4) is 0 Å². The average Bonchev–Trinajstić information content (AvgIpc) is 3.70. The number of amides is 2. The van der Waals surface area contributed by atoms with Crippen molar-refractivity contribution >= 4 is 44.3 Å². The fourth-order valence-electron chi connectivity index (χ4n) is 6.03. The largest absolute Gasteiger partial charge is 0.394 e. The maximum atomic E-state index is 14.1. The van der Waals surface area contributed by atoms with E-state index in [0.717, 1.165) is 49.0 Å². The van der Waals surface area contributed by atoms with Crippen molar-refractivity contribution in [2.45, 2.75) is 57.3 Å². The van der Waals surface area contributed by atoms with Crippen molar-refractivity contribution in [1.82, 2.24) is 36.2 Å². The van der Waals surface area contributed by atoms with Crippen LogP contribution in [-0.2, 0) is 22.6 Å². The molecule has 6 N–H and O–H groups in total. The number of halogens is 1. The standard InChI is InChI=1S/C34H37BrN8O4/c1-34(2,36-17-22(45)19-44)16-29(46)37-27-14-12-21-7-3-6-10-28(21)43(33(27)47)18-20-11-13-26-25(15-20)30(35)31(38-26)23-8-4-5-9-24(23)32-39-41-42-40-32/h3-11,13,15,22,27,36,38,44-45H,12,14,16-19H2,1-2H3,(H,37,46)(H,39,40,41,42)/t22-,27+/m0/s1. The molecular formula is C34H37BrN8O4. The number of rotatable bonds is 11. The summed E-state index contributed by atoms with van der Waals surface area (Å²) in [6, 6.07) is 21.1. The molecule has 2 amide bonds. The highest BCUT2D eigenvalue weighted by molar-refractivity contribution is 9.10. The highest BCUT2D eigenvalue weighted by Crippen LogP contribution is 2.39. The Morgan fingerprint density at radius 1 is 1.13 bits per heavy atom. The molecule has 0 spiro atoms. The van der Waals surface area contributed by atoms with Gasteiger partial charge >= 0.3 is 0 Å². The lowest BCUT2D eigenvalue weighted by atomic mass is 9.99. The maximum absolute atomic E-state index is 14.1. The number of benzene rings is 3. The maximum Gasteiger partial charge on any atom is 0.249 e. The summed E-state index contributed by atoms with van der Waals surface area (Å²) >= 11 is 3.83. The number of β-amino-alcohol motifs (C(OH)–C–C–N with tert-alkyl or cyclic N) is 1. The quantitative estimate of drug-likeness (QED) is 0.121. The third-order valence-corrected chi connectivity index (χ3v) is 9.27. The molecule has 6 rings (SSSR count). The zero-order valence-electron chi connectivity index (χ0n) is 26.1. The van der Waals surface area contributed by atoms with Gasteiger partial charge in [0.25, 0.3) is 0 Å². The van der Waals surface area contributed by atoms with E-state index in [2.05, 4.69) is 58.2 Å². The van der Waals surface area contributed by atoms with E-state index in [-0.39, 0.29) is 31.4 Å². The smallest absolute Gasteiger partial charge is 0.249 e. The zero-order valence-corrected chi connectivity index (χ0v) is 27.7. The fraction of sp³-hybridized carbons (Fsp3) is 0.324. The van der Waals surface area contributed by atoms with E-state index in [1.54, 1.807) is 4.90 Å². The molecule has 47 heavy (non-hydrogen) atoms. The second-order valence-electron chi connectivity index (χ2n) is 12.5. The van der Waals surface area contributed by atoms with Crippen molar-refractivity contribution in [3.63, 3.8) is 0 Å². The Balaban J connectivity index is 1.25. The van der Waals surface area contributed by atoms with Crippen LogP contribution in [0.1, 0.15) is 37.8 Å². The van der Waals surface area contributed by atoms with Crippen LogP contribution < -0.4 is 15.5 Å². The molecule has 2 aromatic heterocycles. The molecule has 0 aliphatic carbocycles. The first-order valence-corrected chi connectivity index (χ1v) is 16.3. The van der Waals surface area contributed by atoms with Gasteiger partial charge in [-0.05, 0) is 82.4 Å². The number of hydrogen-bond donors (Lipinski definition) is 6. The van der Waals surface area contributed by atoms with Gasteiger partial charge in [0.15, 0.2) is 5.82 Å². The average molecular weight is 702 g/mol. The molecule has 0 bridgehead atoms. The number of nitrogens with one attached hydrogen (secondary N) is 4. The van der Waals surface area contributed by atoms with Crippen molar-refractivity contribution in [3.05, 3.63) is 82.3 Å². The number of carbonyl (C=O) groups excluding carboxylic acids is 2. The third-order valence-electron chi connectivity index (χ3n) is 8.45. The molecule has 244 valence electrons. The number of aromatic nitrogens is 5. The van der Waals surface area contributed by atoms with Crippen LogP contribution in [0.2, 0.25) is 0 Å². The van der Waals surface area contributed by atoms with E-state index in [0.29, 0.717) is 25.2 Å². The van der Waals surface area contributed by atoms with Crippen LogP contribution in [0.15, 0.2) is 71.2 Å². The lowest BCUT2D eigenvalue weighted by Gasteiger charge is -2.29. The minimum Gasteiger partial charge on any atom is -0.394 e. The molecule has 5 aromatic rings. The molecule has 13 heteroatoms. The van der Waals surface area contributed by atoms with Gasteiger partial charge in [0.05, 0.1) is 29.4 Å². The molecule has 0 saturated heterocycles. The molecule has 3 heterocycles. The number of H-pyrrole nitrogens is 2. The Morgan fingerprint density at radius 3 is 2.66 bits per heavy atom. The summed E-state index contributed by atoms with van der Waals surface area (Å²) in [6.45, 7) is 3.79. The monoisotopic (exact) mass is 700 g/mol. The van der Waals surface area contributed by atoms with Crippen molar-refractivity contribution in [3.8, 4) is 22.6 Å². The third kappa shape index (κ3) is 7.13. The fourth-order valence-corrected chi connectivity index (χ4v) is 6.67. The Labute approximate surface area is 280 Å². The number of fused-ring (bicyclic) bond motifs is 2. The van der Waals surface area contributed by atoms with Crippen LogP contribution in [-0.4, -0.2) is 78.5 Å². The van der Waals surface area contributed by atoms with Gasteiger partial charge in [-0.3, -0.25) is 9.59 Å². The van der Waals surface area contributed by atoms with Gasteiger partial charge in [-0.15, -0.1) is 5.10 Å². The van der Waals surface area contributed by atoms with E-state index in [4.69, 9.17) is 5.11 Å². The first-order valence-electron chi connectivity index (χ1n) is 15.5. The topological polar surface area (TPSA) is 172 Å². The minimum atomic E-state index is -0.918. The molecule has 0 unspecified atom stereocenters. The Hall–Kier alpha value is -4.43. The summed E-state index contributed by atoms with van der Waals surface area (Å²) in [7, 11) is 0. The van der Waals surface area contributed by atoms with E-state index < -0.39 is 17.7 Å². The second kappa shape index (κ2) is 13.7. The predicted octanol–water partition coefficient (Wildman–Crippen LogP) is 3.85. The molecule has 3 aromatic carbocycles. The summed E-state index contributed by atoms with van der Waals surface area (Å²) in [4.78, 5) is 32.6. The number of aryl methyl sites for hydroxylation is 1. The van der Waals surface area contributed by atoms with E-state index in [1.165, 1.54) is 0 Å². The normalized spacial score (nSPS) is 15.8. The van der Waals surface area contributed by atoms with Crippen LogP contribution in [0.4, 0.5) is 5.69 Å². The SMILES string of the molecule is CC(C)(CC(=O)N[C@@H]1CCc2ccccc2N(Cc2ccc3[nH]c(-c4ccccc4-c4nnn[nH]4)c(Br)c3c2)C1=O)NC[C@H](O)CO. The summed E-state index contributed by atoms with van der Waals surface area (Å²) < 4.78 is 0.879. The van der Waals surface area contributed by atoms with Gasteiger partial charge < -0.3 is 30.7 Å². The van der Waals surface area contributed by atoms with Crippen LogP contribution in [0, 0.1) is 0 Å². The van der Waals surface area contributed by atoms with Crippen molar-refractivity contribution in [2.75, 3.05) is 18.1 Å². The highest BCUT2D eigenvalue weighted by atomic mass is 79.9. The van der Waals surface area contributed by atoms with Gasteiger partial charge in [0.1, 0.15) is 6.04 Å². The van der Waals surface area contributed by atoms with Crippen LogP contribution in [0.5, 0.6) is 0 Å². The molecule has 0 fully saturated rings. The van der Waals surface area contributed by atoms with Gasteiger partial charge in [-0.25, -0.2) is 5.10 Å². The molecule has 2 atom stereocenters. The van der Waals surface area contributed by atoms with Gasteiger partial charge in [0, 0.05) is 46.2 Å². The molecule has 1 aliphatic heterocycles. The summed E-state index contributed by atoms with van der Waals surface area (Å²) in [5.74, 6) is 0.122. The Bertz CT molecular complexity index is 1890. The molecule has 0 saturated carbocycles. The number of aliphatic hydroxyl groups excluding tert-OH is 2. The number of aliphatic hydroxyl groups is 2. The zero-order chi connectivity index (χ0) is 33.1. The molecule has 0 radical (unpaired) electrons. The lowest BCUT2D eigenvalue weighted by Crippen LogP contribution is -2.51. The van der Waals surface area contributed by atoms with E-state index in [9.17, 15) is 14.7 Å². The summed E-state index contributed by atoms with van der Waals surface area (Å²) in [6.07, 6.45) is 0.289. The summed E-state index contributed by atoms with van der Waals surface area (Å²) in [5, 5.41) is 40.3. The number of nitrogens with zero attached hydrogens (tertiary/aromatic N) is 4. The minimum absolute atomic E-state index is 0.0957. The molecular weight excluding hydrogens is 664 g/mol. The number of aromatic amines is 2. The van der Waals surface area contributed by atoms with E-state index >= 15 is 0 Å². The van der Waals surface area contributed by atoms with Crippen molar-refractivity contribution in [2.24, 2.45) is 0 Å². The first kappa shape index (κ1) is 32.5.